The van der Waals surface area contributed by atoms with E-state index in [1.807, 2.05) is 24.8 Å². The van der Waals surface area contributed by atoms with Gasteiger partial charge in [-0.2, -0.15) is 0 Å². The zero-order chi connectivity index (χ0) is 27.1. The Morgan fingerprint density at radius 2 is 0.900 bits per heavy atom. The van der Waals surface area contributed by atoms with E-state index in [1.165, 1.54) is 77.2 Å². The third kappa shape index (κ3) is 4.06. The standard InChI is InChI=1S/C38H28N2/c1-25-17-20-40-24-36(25)27-11-13-29(14-12-27)37-32-7-3-5-9-34(32)38(35-10-6-4-8-33(35)37)30-15-16-31(26(2)23-30)28-18-21-39-22-19-28/h3-24H,1-2H3. The molecule has 40 heavy (non-hydrogen) atoms. The van der Waals surface area contributed by atoms with E-state index in [9.17, 15) is 0 Å². The second-order valence-electron chi connectivity index (χ2n) is 10.4. The van der Waals surface area contributed by atoms with Gasteiger partial charge in [-0.15, -0.1) is 0 Å². The molecule has 2 heteroatoms. The summed E-state index contributed by atoms with van der Waals surface area (Å²) in [7, 11) is 0. The molecule has 0 spiro atoms. The number of fused-ring (bicyclic) bond motifs is 2. The summed E-state index contributed by atoms with van der Waals surface area (Å²) >= 11 is 0. The fraction of sp³-hybridized carbons (Fsp3) is 0.0526. The fourth-order valence-electron chi connectivity index (χ4n) is 6.01. The van der Waals surface area contributed by atoms with Crippen LogP contribution in [0.3, 0.4) is 0 Å². The quantitative estimate of drug-likeness (QED) is 0.219. The van der Waals surface area contributed by atoms with Gasteiger partial charge in [-0.3, -0.25) is 9.97 Å². The maximum atomic E-state index is 4.35. The van der Waals surface area contributed by atoms with Gasteiger partial charge in [0.25, 0.3) is 0 Å². The number of nitrogens with zero attached hydrogens (tertiary/aromatic N) is 2. The van der Waals surface area contributed by atoms with Crippen LogP contribution in [0.4, 0.5) is 0 Å². The predicted octanol–water partition coefficient (Wildman–Crippen LogP) is 10.1. The first-order chi connectivity index (χ1) is 19.7. The Hall–Kier alpha value is -5.08. The largest absolute Gasteiger partial charge is 0.265 e. The summed E-state index contributed by atoms with van der Waals surface area (Å²) in [6.07, 6.45) is 7.51. The average Bonchev–Trinajstić information content (AvgIpc) is 3.00. The van der Waals surface area contributed by atoms with Crippen LogP contribution < -0.4 is 0 Å². The number of hydrogen-bond acceptors (Lipinski definition) is 2. The van der Waals surface area contributed by atoms with Gasteiger partial charge in [0.05, 0.1) is 0 Å². The SMILES string of the molecule is Cc1cc(-c2c3ccccc3c(-c3ccc(-c4cnccc4C)cc3)c3ccccc23)ccc1-c1ccncc1. The van der Waals surface area contributed by atoms with Crippen molar-refractivity contribution >= 4 is 21.5 Å². The number of aryl methyl sites for hydroxylation is 2. The minimum absolute atomic E-state index is 1.17. The topological polar surface area (TPSA) is 25.8 Å². The van der Waals surface area contributed by atoms with E-state index in [-0.39, 0.29) is 0 Å². The maximum Gasteiger partial charge on any atom is 0.0349 e. The second kappa shape index (κ2) is 9.91. The van der Waals surface area contributed by atoms with E-state index in [2.05, 4.69) is 133 Å². The lowest BCUT2D eigenvalue weighted by atomic mass is 9.85. The van der Waals surface area contributed by atoms with Crippen LogP contribution in [0.5, 0.6) is 0 Å². The van der Waals surface area contributed by atoms with Crippen molar-refractivity contribution in [1.82, 2.24) is 9.97 Å². The molecule has 0 saturated heterocycles. The Kier molecular flexibility index (Phi) is 5.94. The highest BCUT2D eigenvalue weighted by Gasteiger charge is 2.17. The number of benzene rings is 5. The molecule has 0 amide bonds. The molecule has 0 N–H and O–H groups in total. The van der Waals surface area contributed by atoms with E-state index in [0.717, 1.165) is 0 Å². The number of aromatic nitrogens is 2. The molecule has 0 radical (unpaired) electrons. The molecule has 0 fully saturated rings. The molecule has 7 rings (SSSR count). The first-order valence-corrected chi connectivity index (χ1v) is 13.7. The lowest BCUT2D eigenvalue weighted by Crippen LogP contribution is -1.92. The van der Waals surface area contributed by atoms with Crippen LogP contribution in [-0.4, -0.2) is 9.97 Å². The molecule has 0 aliphatic carbocycles. The molecule has 190 valence electrons. The van der Waals surface area contributed by atoms with Crippen LogP contribution in [0.1, 0.15) is 11.1 Å². The van der Waals surface area contributed by atoms with Gasteiger partial charge in [-0.1, -0.05) is 91.0 Å². The average molecular weight is 513 g/mol. The zero-order valence-corrected chi connectivity index (χ0v) is 22.6. The normalized spacial score (nSPS) is 11.2. The molecule has 2 aromatic heterocycles. The van der Waals surface area contributed by atoms with Crippen molar-refractivity contribution in [2.24, 2.45) is 0 Å². The van der Waals surface area contributed by atoms with Crippen LogP contribution in [0.2, 0.25) is 0 Å². The van der Waals surface area contributed by atoms with Gasteiger partial charge in [0.15, 0.2) is 0 Å². The summed E-state index contributed by atoms with van der Waals surface area (Å²) in [5.41, 5.74) is 12.3. The van der Waals surface area contributed by atoms with E-state index < -0.39 is 0 Å². The Bertz CT molecular complexity index is 1950. The van der Waals surface area contributed by atoms with Crippen LogP contribution >= 0.6 is 0 Å². The van der Waals surface area contributed by atoms with Crippen LogP contribution in [0.25, 0.3) is 66.1 Å². The van der Waals surface area contributed by atoms with Crippen molar-refractivity contribution in [3.05, 3.63) is 145 Å². The Balaban J connectivity index is 1.44. The highest BCUT2D eigenvalue weighted by Crippen LogP contribution is 2.44. The molecule has 0 aliphatic rings. The van der Waals surface area contributed by atoms with E-state index >= 15 is 0 Å². The molecule has 0 bridgehead atoms. The molecule has 0 saturated carbocycles. The third-order valence-electron chi connectivity index (χ3n) is 7.96. The number of pyridine rings is 2. The Morgan fingerprint density at radius 3 is 1.48 bits per heavy atom. The Labute approximate surface area is 234 Å². The lowest BCUT2D eigenvalue weighted by Gasteiger charge is -2.19. The van der Waals surface area contributed by atoms with E-state index in [4.69, 9.17) is 0 Å². The molecule has 2 nitrogen and oxygen atoms in total. The van der Waals surface area contributed by atoms with E-state index in [0.29, 0.717) is 0 Å². The van der Waals surface area contributed by atoms with Crippen molar-refractivity contribution in [2.75, 3.05) is 0 Å². The molecular weight excluding hydrogens is 484 g/mol. The molecule has 2 heterocycles. The first kappa shape index (κ1) is 24.0. The third-order valence-corrected chi connectivity index (χ3v) is 7.96. The Morgan fingerprint density at radius 1 is 0.400 bits per heavy atom. The van der Waals surface area contributed by atoms with Gasteiger partial charge >= 0.3 is 0 Å². The highest BCUT2D eigenvalue weighted by atomic mass is 14.6. The molecule has 0 atom stereocenters. The van der Waals surface area contributed by atoms with E-state index in [1.54, 1.807) is 0 Å². The molecule has 0 aliphatic heterocycles. The van der Waals surface area contributed by atoms with Crippen molar-refractivity contribution < 1.29 is 0 Å². The second-order valence-corrected chi connectivity index (χ2v) is 10.4. The van der Waals surface area contributed by atoms with Gasteiger partial charge < -0.3 is 0 Å². The highest BCUT2D eigenvalue weighted by molar-refractivity contribution is 6.21. The van der Waals surface area contributed by atoms with Gasteiger partial charge in [0, 0.05) is 30.4 Å². The minimum Gasteiger partial charge on any atom is -0.265 e. The fourth-order valence-corrected chi connectivity index (χ4v) is 6.01. The summed E-state index contributed by atoms with van der Waals surface area (Å²) in [5, 5.41) is 5.05. The summed E-state index contributed by atoms with van der Waals surface area (Å²) in [6.45, 7) is 4.33. The van der Waals surface area contributed by atoms with Crippen LogP contribution in [-0.2, 0) is 0 Å². The summed E-state index contributed by atoms with van der Waals surface area (Å²) in [4.78, 5) is 8.54. The number of rotatable bonds is 4. The molecule has 0 unspecified atom stereocenters. The number of hydrogen-bond donors (Lipinski definition) is 0. The van der Waals surface area contributed by atoms with Crippen molar-refractivity contribution in [3.8, 4) is 44.5 Å². The van der Waals surface area contributed by atoms with Crippen LogP contribution in [0, 0.1) is 13.8 Å². The molecule has 7 aromatic rings. The lowest BCUT2D eigenvalue weighted by molar-refractivity contribution is 1.29. The van der Waals surface area contributed by atoms with Crippen molar-refractivity contribution in [3.63, 3.8) is 0 Å². The monoisotopic (exact) mass is 512 g/mol. The maximum absolute atomic E-state index is 4.35. The molecule has 5 aromatic carbocycles. The van der Waals surface area contributed by atoms with Gasteiger partial charge in [0.2, 0.25) is 0 Å². The summed E-state index contributed by atoms with van der Waals surface area (Å²) < 4.78 is 0. The van der Waals surface area contributed by atoms with Gasteiger partial charge in [-0.25, -0.2) is 0 Å². The van der Waals surface area contributed by atoms with Crippen molar-refractivity contribution in [1.29, 1.82) is 0 Å². The minimum atomic E-state index is 1.17. The van der Waals surface area contributed by atoms with Gasteiger partial charge in [0.1, 0.15) is 0 Å². The smallest absolute Gasteiger partial charge is 0.0349 e. The van der Waals surface area contributed by atoms with Crippen molar-refractivity contribution in [2.45, 2.75) is 13.8 Å². The predicted molar refractivity (Wildman–Crippen MR) is 168 cm³/mol. The first-order valence-electron chi connectivity index (χ1n) is 13.7. The molecular formula is C38H28N2. The van der Waals surface area contributed by atoms with Gasteiger partial charge in [-0.05, 0) is 104 Å². The summed E-state index contributed by atoms with van der Waals surface area (Å²) in [6, 6.07) is 39.6. The summed E-state index contributed by atoms with van der Waals surface area (Å²) in [5.74, 6) is 0. The zero-order valence-electron chi connectivity index (χ0n) is 22.6. The van der Waals surface area contributed by atoms with Crippen LogP contribution in [0.15, 0.2) is 134 Å².